The molecule has 3 nitrogen and oxygen atoms in total. The molecule has 1 heterocycles. The quantitative estimate of drug-likeness (QED) is 0.761. The maximum absolute atomic E-state index is 5.27. The predicted octanol–water partition coefficient (Wildman–Crippen LogP) is 1.47. The van der Waals surface area contributed by atoms with Crippen molar-refractivity contribution in [3.05, 3.63) is 24.3 Å². The summed E-state index contributed by atoms with van der Waals surface area (Å²) in [7, 11) is 1.70. The summed E-state index contributed by atoms with van der Waals surface area (Å²) in [5, 5.41) is 6.80. The van der Waals surface area contributed by atoms with E-state index < -0.39 is 0 Å². The molecule has 0 saturated carbocycles. The van der Waals surface area contributed by atoms with Crippen molar-refractivity contribution in [2.75, 3.05) is 25.5 Å². The largest absolute Gasteiger partial charge is 0.495 e. The number of para-hydroxylation sites is 2. The molecule has 0 amide bonds. The summed E-state index contributed by atoms with van der Waals surface area (Å²) in [5.74, 6) is 0.916. The molecule has 0 unspecified atom stereocenters. The Morgan fingerprint density at radius 3 is 3.00 bits per heavy atom. The minimum Gasteiger partial charge on any atom is -0.495 e. The van der Waals surface area contributed by atoms with Crippen molar-refractivity contribution < 1.29 is 4.74 Å². The van der Waals surface area contributed by atoms with Gasteiger partial charge in [0.15, 0.2) is 0 Å². The lowest BCUT2D eigenvalue weighted by molar-refractivity contribution is 0.416. The zero-order valence-corrected chi connectivity index (χ0v) is 8.42. The highest BCUT2D eigenvalue weighted by atomic mass is 16.5. The van der Waals surface area contributed by atoms with Gasteiger partial charge in [-0.2, -0.15) is 0 Å². The molecule has 0 radical (unpaired) electrons. The molecule has 1 atom stereocenters. The van der Waals surface area contributed by atoms with Gasteiger partial charge < -0.3 is 15.4 Å². The molecule has 1 aromatic rings. The van der Waals surface area contributed by atoms with Crippen LogP contribution in [0.5, 0.6) is 5.75 Å². The number of benzene rings is 1. The lowest BCUT2D eigenvalue weighted by Crippen LogP contribution is -2.22. The first-order chi connectivity index (χ1) is 6.90. The van der Waals surface area contributed by atoms with E-state index in [1.807, 2.05) is 18.2 Å². The van der Waals surface area contributed by atoms with Crippen LogP contribution in [-0.2, 0) is 0 Å². The molecular weight excluding hydrogens is 176 g/mol. The molecular formula is C11H16N2O. The second-order valence-electron chi connectivity index (χ2n) is 3.53. The third kappa shape index (κ3) is 1.99. The van der Waals surface area contributed by atoms with Crippen LogP contribution in [0.1, 0.15) is 6.42 Å². The summed E-state index contributed by atoms with van der Waals surface area (Å²) in [6, 6.07) is 8.57. The van der Waals surface area contributed by atoms with Crippen LogP contribution >= 0.6 is 0 Å². The molecule has 1 saturated heterocycles. The maximum atomic E-state index is 5.27. The Hall–Kier alpha value is -1.22. The topological polar surface area (TPSA) is 33.3 Å². The van der Waals surface area contributed by atoms with E-state index in [1.165, 1.54) is 6.42 Å². The Balaban J connectivity index is 2.07. The van der Waals surface area contributed by atoms with Gasteiger partial charge >= 0.3 is 0 Å². The molecule has 0 aliphatic carbocycles. The summed E-state index contributed by atoms with van der Waals surface area (Å²) in [5.41, 5.74) is 1.09. The number of ether oxygens (including phenoxy) is 1. The van der Waals surface area contributed by atoms with Gasteiger partial charge in [-0.15, -0.1) is 0 Å². The first-order valence-electron chi connectivity index (χ1n) is 5.00. The molecule has 3 heteroatoms. The molecule has 14 heavy (non-hydrogen) atoms. The molecule has 2 N–H and O–H groups in total. The highest BCUT2D eigenvalue weighted by Gasteiger charge is 2.14. The van der Waals surface area contributed by atoms with Crippen LogP contribution in [0.2, 0.25) is 0 Å². The lowest BCUT2D eigenvalue weighted by atomic mass is 10.2. The Morgan fingerprint density at radius 1 is 1.43 bits per heavy atom. The fourth-order valence-corrected chi connectivity index (χ4v) is 1.76. The van der Waals surface area contributed by atoms with Crippen molar-refractivity contribution in [1.29, 1.82) is 0 Å². The Labute approximate surface area is 84.5 Å². The van der Waals surface area contributed by atoms with Crippen molar-refractivity contribution in [3.8, 4) is 5.75 Å². The van der Waals surface area contributed by atoms with Gasteiger partial charge in [-0.1, -0.05) is 12.1 Å². The summed E-state index contributed by atoms with van der Waals surface area (Å²) >= 11 is 0. The first-order valence-corrected chi connectivity index (χ1v) is 5.00. The van der Waals surface area contributed by atoms with Crippen LogP contribution in [0.25, 0.3) is 0 Å². The molecule has 2 rings (SSSR count). The summed E-state index contributed by atoms with van der Waals surface area (Å²) in [6.07, 6.45) is 1.18. The van der Waals surface area contributed by atoms with E-state index in [9.17, 15) is 0 Å². The number of nitrogens with one attached hydrogen (secondary N) is 2. The van der Waals surface area contributed by atoms with Crippen LogP contribution in [0.3, 0.4) is 0 Å². The molecule has 1 fully saturated rings. The van der Waals surface area contributed by atoms with Gasteiger partial charge in [0.2, 0.25) is 0 Å². The highest BCUT2D eigenvalue weighted by Crippen LogP contribution is 2.24. The number of rotatable bonds is 3. The van der Waals surface area contributed by atoms with E-state index in [4.69, 9.17) is 4.74 Å². The standard InChI is InChI=1S/C11H16N2O/c1-14-11-5-3-2-4-10(11)13-9-6-7-12-8-9/h2-5,9,12-13H,6-8H2,1H3/t9-/m1/s1. The Kier molecular flexibility index (Phi) is 2.89. The molecule has 1 aliphatic heterocycles. The van der Waals surface area contributed by atoms with Gasteiger partial charge in [-0.05, 0) is 25.1 Å². The van der Waals surface area contributed by atoms with Crippen molar-refractivity contribution >= 4 is 5.69 Å². The van der Waals surface area contributed by atoms with Crippen LogP contribution < -0.4 is 15.4 Å². The summed E-state index contributed by atoms with van der Waals surface area (Å²) < 4.78 is 5.27. The second kappa shape index (κ2) is 4.33. The average molecular weight is 192 g/mol. The third-order valence-corrected chi connectivity index (χ3v) is 2.53. The molecule has 0 aromatic heterocycles. The van der Waals surface area contributed by atoms with E-state index in [2.05, 4.69) is 16.7 Å². The summed E-state index contributed by atoms with van der Waals surface area (Å²) in [6.45, 7) is 2.14. The van der Waals surface area contributed by atoms with Crippen LogP contribution in [0.15, 0.2) is 24.3 Å². The van der Waals surface area contributed by atoms with Crippen molar-refractivity contribution in [2.45, 2.75) is 12.5 Å². The van der Waals surface area contributed by atoms with Crippen molar-refractivity contribution in [3.63, 3.8) is 0 Å². The Bertz CT molecular complexity index is 295. The molecule has 1 aliphatic rings. The first kappa shape index (κ1) is 9.34. The van der Waals surface area contributed by atoms with Crippen LogP contribution in [-0.4, -0.2) is 26.2 Å². The second-order valence-corrected chi connectivity index (χ2v) is 3.53. The zero-order valence-electron chi connectivity index (χ0n) is 8.42. The minimum absolute atomic E-state index is 0.534. The van der Waals surface area contributed by atoms with E-state index in [0.29, 0.717) is 6.04 Å². The smallest absolute Gasteiger partial charge is 0.141 e. The molecule has 0 bridgehead atoms. The Morgan fingerprint density at radius 2 is 2.29 bits per heavy atom. The van der Waals surface area contributed by atoms with Gasteiger partial charge in [0.1, 0.15) is 5.75 Å². The monoisotopic (exact) mass is 192 g/mol. The fraction of sp³-hybridized carbons (Fsp3) is 0.455. The molecule has 1 aromatic carbocycles. The average Bonchev–Trinajstić information content (AvgIpc) is 2.71. The van der Waals surface area contributed by atoms with E-state index in [1.54, 1.807) is 7.11 Å². The summed E-state index contributed by atoms with van der Waals surface area (Å²) in [4.78, 5) is 0. The SMILES string of the molecule is COc1ccccc1N[C@@H]1CCNC1. The third-order valence-electron chi connectivity index (χ3n) is 2.53. The van der Waals surface area contributed by atoms with Gasteiger partial charge in [-0.25, -0.2) is 0 Å². The van der Waals surface area contributed by atoms with E-state index in [0.717, 1.165) is 24.5 Å². The van der Waals surface area contributed by atoms with Crippen molar-refractivity contribution in [2.24, 2.45) is 0 Å². The van der Waals surface area contributed by atoms with Gasteiger partial charge in [-0.3, -0.25) is 0 Å². The normalized spacial score (nSPS) is 20.8. The van der Waals surface area contributed by atoms with Crippen molar-refractivity contribution in [1.82, 2.24) is 5.32 Å². The fourth-order valence-electron chi connectivity index (χ4n) is 1.76. The highest BCUT2D eigenvalue weighted by molar-refractivity contribution is 5.56. The van der Waals surface area contributed by atoms with Crippen LogP contribution in [0.4, 0.5) is 5.69 Å². The van der Waals surface area contributed by atoms with Gasteiger partial charge in [0.25, 0.3) is 0 Å². The molecule has 76 valence electrons. The predicted molar refractivity (Wildman–Crippen MR) is 57.9 cm³/mol. The van der Waals surface area contributed by atoms with Gasteiger partial charge in [0.05, 0.1) is 12.8 Å². The zero-order chi connectivity index (χ0) is 9.80. The lowest BCUT2D eigenvalue weighted by Gasteiger charge is -2.15. The number of anilines is 1. The molecule has 0 spiro atoms. The van der Waals surface area contributed by atoms with E-state index >= 15 is 0 Å². The van der Waals surface area contributed by atoms with Crippen LogP contribution in [0, 0.1) is 0 Å². The number of methoxy groups -OCH3 is 1. The maximum Gasteiger partial charge on any atom is 0.141 e. The number of hydrogen-bond acceptors (Lipinski definition) is 3. The van der Waals surface area contributed by atoms with Gasteiger partial charge in [0, 0.05) is 12.6 Å². The number of hydrogen-bond donors (Lipinski definition) is 2. The van der Waals surface area contributed by atoms with E-state index in [-0.39, 0.29) is 0 Å². The minimum atomic E-state index is 0.534.